The molecule has 1 N–H and O–H groups in total. The van der Waals surface area contributed by atoms with E-state index in [1.165, 1.54) is 12.1 Å². The molecule has 0 aromatic heterocycles. The van der Waals surface area contributed by atoms with E-state index in [0.29, 0.717) is 25.3 Å². The molecule has 1 saturated heterocycles. The zero-order chi connectivity index (χ0) is 16.9. The van der Waals surface area contributed by atoms with Crippen LogP contribution in [0.2, 0.25) is 0 Å². The summed E-state index contributed by atoms with van der Waals surface area (Å²) in [5.74, 6) is 0.874. The fraction of sp³-hybridized carbons (Fsp3) is 0.562. The maximum Gasteiger partial charge on any atom is 0.416 e. The van der Waals surface area contributed by atoms with Crippen LogP contribution in [0.25, 0.3) is 0 Å². The number of piperazine rings is 1. The Labute approximate surface area is 135 Å². The maximum atomic E-state index is 12.8. The summed E-state index contributed by atoms with van der Waals surface area (Å²) in [5.41, 5.74) is 0.0234. The standard InChI is InChI=1S/C16H23F3N4/c1-3-20-15(21-4-2)23-10-8-22(9-11-23)14-7-5-6-13(12-14)16(17,18)19/h5-7,12H,3-4,8-11H2,1-2H3,(H,20,21). The van der Waals surface area contributed by atoms with E-state index in [0.717, 1.165) is 31.7 Å². The van der Waals surface area contributed by atoms with Crippen molar-refractivity contribution in [2.45, 2.75) is 20.0 Å². The number of aliphatic imine (C=N–C) groups is 1. The van der Waals surface area contributed by atoms with Crippen molar-refractivity contribution in [1.29, 1.82) is 0 Å². The van der Waals surface area contributed by atoms with Crippen LogP contribution in [-0.4, -0.2) is 50.1 Å². The number of hydrogen-bond donors (Lipinski definition) is 1. The summed E-state index contributed by atoms with van der Waals surface area (Å²) in [6.45, 7) is 8.33. The molecule has 0 spiro atoms. The molecule has 1 aliphatic heterocycles. The molecule has 128 valence electrons. The van der Waals surface area contributed by atoms with Gasteiger partial charge >= 0.3 is 6.18 Å². The second kappa shape index (κ2) is 7.57. The molecule has 0 aliphatic carbocycles. The number of rotatable bonds is 3. The van der Waals surface area contributed by atoms with Crippen molar-refractivity contribution >= 4 is 11.6 Å². The summed E-state index contributed by atoms with van der Waals surface area (Å²) in [6, 6.07) is 5.53. The van der Waals surface area contributed by atoms with Gasteiger partial charge in [-0.15, -0.1) is 0 Å². The lowest BCUT2D eigenvalue weighted by molar-refractivity contribution is -0.137. The molecule has 1 fully saturated rings. The normalized spacial score (nSPS) is 16.7. The molecule has 4 nitrogen and oxygen atoms in total. The molecule has 0 atom stereocenters. The van der Waals surface area contributed by atoms with Crippen molar-refractivity contribution in [2.75, 3.05) is 44.2 Å². The Bertz CT molecular complexity index is 534. The van der Waals surface area contributed by atoms with Crippen LogP contribution in [0.3, 0.4) is 0 Å². The zero-order valence-electron chi connectivity index (χ0n) is 13.5. The fourth-order valence-corrected chi connectivity index (χ4v) is 2.63. The van der Waals surface area contributed by atoms with Crippen molar-refractivity contribution in [3.05, 3.63) is 29.8 Å². The van der Waals surface area contributed by atoms with Gasteiger partial charge in [0.2, 0.25) is 0 Å². The van der Waals surface area contributed by atoms with Gasteiger partial charge in [0.05, 0.1) is 5.56 Å². The van der Waals surface area contributed by atoms with Crippen LogP contribution >= 0.6 is 0 Å². The van der Waals surface area contributed by atoms with E-state index in [4.69, 9.17) is 0 Å². The first kappa shape index (κ1) is 17.4. The third-order valence-electron chi connectivity index (χ3n) is 3.76. The number of alkyl halides is 3. The average molecular weight is 328 g/mol. The van der Waals surface area contributed by atoms with E-state index < -0.39 is 11.7 Å². The SMILES string of the molecule is CCN=C(NCC)N1CCN(c2cccc(C(F)(F)F)c2)CC1. The van der Waals surface area contributed by atoms with Crippen LogP contribution in [0.5, 0.6) is 0 Å². The molecular formula is C16H23F3N4. The minimum atomic E-state index is -4.30. The molecule has 1 heterocycles. The van der Waals surface area contributed by atoms with Crippen LogP contribution in [-0.2, 0) is 6.18 Å². The van der Waals surface area contributed by atoms with Gasteiger partial charge in [0.25, 0.3) is 0 Å². The topological polar surface area (TPSA) is 30.9 Å². The van der Waals surface area contributed by atoms with Crippen LogP contribution in [0.15, 0.2) is 29.3 Å². The quantitative estimate of drug-likeness (QED) is 0.684. The van der Waals surface area contributed by atoms with Gasteiger partial charge in [-0.1, -0.05) is 6.07 Å². The Morgan fingerprint density at radius 1 is 1.17 bits per heavy atom. The Morgan fingerprint density at radius 2 is 1.87 bits per heavy atom. The minimum Gasteiger partial charge on any atom is -0.368 e. The predicted octanol–water partition coefficient (Wildman–Crippen LogP) is 2.81. The Hall–Kier alpha value is -1.92. The fourth-order valence-electron chi connectivity index (χ4n) is 2.63. The number of guanidine groups is 1. The summed E-state index contributed by atoms with van der Waals surface area (Å²) < 4.78 is 38.5. The summed E-state index contributed by atoms with van der Waals surface area (Å²) >= 11 is 0. The molecule has 23 heavy (non-hydrogen) atoms. The largest absolute Gasteiger partial charge is 0.416 e. The molecule has 0 unspecified atom stereocenters. The van der Waals surface area contributed by atoms with Gasteiger partial charge in [0.1, 0.15) is 0 Å². The molecule has 1 aromatic rings. The van der Waals surface area contributed by atoms with E-state index in [2.05, 4.69) is 15.2 Å². The lowest BCUT2D eigenvalue weighted by Crippen LogP contribution is -2.52. The Morgan fingerprint density at radius 3 is 2.43 bits per heavy atom. The molecule has 2 rings (SSSR count). The zero-order valence-corrected chi connectivity index (χ0v) is 13.5. The van der Waals surface area contributed by atoms with E-state index in [1.54, 1.807) is 6.07 Å². The van der Waals surface area contributed by atoms with Crippen molar-refractivity contribution in [1.82, 2.24) is 10.2 Å². The molecule has 0 saturated carbocycles. The lowest BCUT2D eigenvalue weighted by Gasteiger charge is -2.37. The molecule has 7 heteroatoms. The monoisotopic (exact) mass is 328 g/mol. The highest BCUT2D eigenvalue weighted by atomic mass is 19.4. The Balaban J connectivity index is 2.03. The van der Waals surface area contributed by atoms with Gasteiger partial charge in [-0.2, -0.15) is 13.2 Å². The number of benzene rings is 1. The molecular weight excluding hydrogens is 305 g/mol. The van der Waals surface area contributed by atoms with Crippen LogP contribution in [0.1, 0.15) is 19.4 Å². The maximum absolute atomic E-state index is 12.8. The van der Waals surface area contributed by atoms with E-state index >= 15 is 0 Å². The van der Waals surface area contributed by atoms with Crippen molar-refractivity contribution in [2.24, 2.45) is 4.99 Å². The highest BCUT2D eigenvalue weighted by Crippen LogP contribution is 2.31. The molecule has 0 bridgehead atoms. The van der Waals surface area contributed by atoms with E-state index in [1.807, 2.05) is 18.7 Å². The van der Waals surface area contributed by atoms with Crippen molar-refractivity contribution in [3.63, 3.8) is 0 Å². The second-order valence-electron chi connectivity index (χ2n) is 5.35. The van der Waals surface area contributed by atoms with E-state index in [9.17, 15) is 13.2 Å². The smallest absolute Gasteiger partial charge is 0.368 e. The van der Waals surface area contributed by atoms with Gasteiger partial charge < -0.3 is 15.1 Å². The van der Waals surface area contributed by atoms with Gasteiger partial charge in [0.15, 0.2) is 5.96 Å². The summed E-state index contributed by atoms with van der Waals surface area (Å²) in [4.78, 5) is 8.58. The molecule has 0 amide bonds. The average Bonchev–Trinajstić information content (AvgIpc) is 2.54. The number of hydrogen-bond acceptors (Lipinski definition) is 2. The molecule has 0 radical (unpaired) electrons. The van der Waals surface area contributed by atoms with Crippen LogP contribution in [0, 0.1) is 0 Å². The van der Waals surface area contributed by atoms with Gasteiger partial charge in [0, 0.05) is 45.0 Å². The summed E-state index contributed by atoms with van der Waals surface area (Å²) in [5, 5.41) is 3.25. The van der Waals surface area contributed by atoms with Gasteiger partial charge in [-0.05, 0) is 32.0 Å². The highest BCUT2D eigenvalue weighted by molar-refractivity contribution is 5.80. The number of nitrogens with zero attached hydrogens (tertiary/aromatic N) is 3. The summed E-state index contributed by atoms with van der Waals surface area (Å²) in [7, 11) is 0. The number of anilines is 1. The Kier molecular flexibility index (Phi) is 5.74. The first-order valence-corrected chi connectivity index (χ1v) is 7.91. The van der Waals surface area contributed by atoms with Crippen LogP contribution < -0.4 is 10.2 Å². The lowest BCUT2D eigenvalue weighted by atomic mass is 10.1. The third-order valence-corrected chi connectivity index (χ3v) is 3.76. The predicted molar refractivity (Wildman–Crippen MR) is 86.9 cm³/mol. The van der Waals surface area contributed by atoms with E-state index in [-0.39, 0.29) is 0 Å². The third kappa shape index (κ3) is 4.53. The number of halogens is 3. The minimum absolute atomic E-state index is 0.599. The van der Waals surface area contributed by atoms with Gasteiger partial charge in [-0.25, -0.2) is 0 Å². The molecule has 1 aliphatic rings. The van der Waals surface area contributed by atoms with Crippen LogP contribution in [0.4, 0.5) is 18.9 Å². The highest BCUT2D eigenvalue weighted by Gasteiger charge is 2.31. The first-order chi connectivity index (χ1) is 11.0. The molecule has 1 aromatic carbocycles. The first-order valence-electron chi connectivity index (χ1n) is 7.91. The van der Waals surface area contributed by atoms with Crippen molar-refractivity contribution in [3.8, 4) is 0 Å². The summed E-state index contributed by atoms with van der Waals surface area (Å²) in [6.07, 6.45) is -4.30. The van der Waals surface area contributed by atoms with Crippen molar-refractivity contribution < 1.29 is 13.2 Å². The number of nitrogens with one attached hydrogen (secondary N) is 1. The van der Waals surface area contributed by atoms with Gasteiger partial charge in [-0.3, -0.25) is 4.99 Å². The second-order valence-corrected chi connectivity index (χ2v) is 5.35.